The normalized spacial score (nSPS) is 10.8. The van der Waals surface area contributed by atoms with Crippen LogP contribution in [-0.4, -0.2) is 83.7 Å². The van der Waals surface area contributed by atoms with Gasteiger partial charge in [0.05, 0.1) is 5.69 Å². The minimum absolute atomic E-state index is 0.125. The zero-order valence-electron chi connectivity index (χ0n) is 22.7. The van der Waals surface area contributed by atoms with Gasteiger partial charge in [0.1, 0.15) is 0 Å². The molecule has 0 radical (unpaired) electrons. The molecular weight excluding hydrogens is 512 g/mol. The van der Waals surface area contributed by atoms with Crippen molar-refractivity contribution in [1.82, 2.24) is 19.7 Å². The van der Waals surface area contributed by atoms with E-state index in [1.165, 1.54) is 42.9 Å². The summed E-state index contributed by atoms with van der Waals surface area (Å²) < 4.78 is 0. The number of imide groups is 1. The minimum atomic E-state index is -0.704. The van der Waals surface area contributed by atoms with Crippen LogP contribution in [0.25, 0.3) is 0 Å². The summed E-state index contributed by atoms with van der Waals surface area (Å²) >= 11 is 5.84. The lowest BCUT2D eigenvalue weighted by atomic mass is 10.1. The first-order valence-corrected chi connectivity index (χ1v) is 12.6. The molecule has 0 bridgehead atoms. The van der Waals surface area contributed by atoms with Crippen LogP contribution in [0, 0.1) is 0 Å². The molecule has 10 heteroatoms. The number of hydrogen-bond donors (Lipinski definition) is 0. The number of para-hydroxylation sites is 1. The van der Waals surface area contributed by atoms with Crippen LogP contribution in [0.4, 0.5) is 15.3 Å². The second-order valence-electron chi connectivity index (χ2n) is 9.08. The monoisotopic (exact) mass is 544 g/mol. The molecule has 0 fully saturated rings. The quantitative estimate of drug-likeness (QED) is 0.259. The predicted octanol–water partition coefficient (Wildman–Crippen LogP) is 4.51. The average Bonchev–Trinajstić information content (AvgIpc) is 2.94. The maximum Gasteiger partial charge on any atom is 0.348 e. The molecule has 0 unspecified atom stereocenters. The third kappa shape index (κ3) is 7.26. The molecule has 3 aromatic rings. The fraction of sp³-hybridized carbons (Fsp3) is 0.207. The van der Waals surface area contributed by atoms with Crippen molar-refractivity contribution in [3.63, 3.8) is 0 Å². The number of carbonyl (C=O) groups excluding carboxylic acids is 3. The number of urea groups is 2. The number of hydrazone groups is 1. The van der Waals surface area contributed by atoms with E-state index in [2.05, 4.69) is 5.10 Å². The van der Waals surface area contributed by atoms with E-state index >= 15 is 0 Å². The zero-order chi connectivity index (χ0) is 28.5. The van der Waals surface area contributed by atoms with Crippen molar-refractivity contribution in [2.24, 2.45) is 5.10 Å². The van der Waals surface area contributed by atoms with Crippen LogP contribution in [0.5, 0.6) is 0 Å². The maximum atomic E-state index is 14.4. The van der Waals surface area contributed by atoms with E-state index in [1.807, 2.05) is 36.4 Å². The van der Waals surface area contributed by atoms with Gasteiger partial charge in [0.15, 0.2) is 10.8 Å². The summed E-state index contributed by atoms with van der Waals surface area (Å²) in [5.74, 6) is -0.597. The lowest BCUT2D eigenvalue weighted by Gasteiger charge is -2.31. The SMILES string of the molecule is CN(C)C(=O)N(/N=C(/C(=O)N(C(=S)N(C)Cc1ccccc1)c1ccccc1)c1ccccc1)C(=O)N(C)C. The summed E-state index contributed by atoms with van der Waals surface area (Å²) in [6.45, 7) is 0.457. The average molecular weight is 545 g/mol. The molecular formula is C29H32N6O3S. The molecule has 0 aliphatic heterocycles. The summed E-state index contributed by atoms with van der Waals surface area (Å²) in [6, 6.07) is 26.0. The van der Waals surface area contributed by atoms with E-state index in [-0.39, 0.29) is 10.8 Å². The van der Waals surface area contributed by atoms with Gasteiger partial charge in [0.25, 0.3) is 5.91 Å². The molecule has 0 atom stereocenters. The number of anilines is 1. The topological polar surface area (TPSA) is 79.8 Å². The summed E-state index contributed by atoms with van der Waals surface area (Å²) in [7, 11) is 7.81. The number of rotatable bonds is 6. The Morgan fingerprint density at radius 3 is 1.64 bits per heavy atom. The second kappa shape index (κ2) is 13.3. The first-order valence-electron chi connectivity index (χ1n) is 12.2. The van der Waals surface area contributed by atoms with Crippen molar-refractivity contribution in [2.45, 2.75) is 6.54 Å². The van der Waals surface area contributed by atoms with E-state index < -0.39 is 18.0 Å². The molecule has 0 saturated heterocycles. The van der Waals surface area contributed by atoms with E-state index in [0.29, 0.717) is 22.8 Å². The fourth-order valence-electron chi connectivity index (χ4n) is 3.56. The van der Waals surface area contributed by atoms with Gasteiger partial charge >= 0.3 is 12.1 Å². The molecule has 0 saturated carbocycles. The number of benzene rings is 3. The van der Waals surface area contributed by atoms with E-state index in [1.54, 1.807) is 66.5 Å². The Morgan fingerprint density at radius 2 is 1.15 bits per heavy atom. The van der Waals surface area contributed by atoms with Crippen LogP contribution in [-0.2, 0) is 11.3 Å². The number of hydrogen-bond acceptors (Lipinski definition) is 5. The Bertz CT molecular complexity index is 1310. The van der Waals surface area contributed by atoms with Crippen molar-refractivity contribution >= 4 is 46.7 Å². The molecule has 0 aromatic heterocycles. The van der Waals surface area contributed by atoms with Gasteiger partial charge < -0.3 is 14.7 Å². The molecule has 0 aliphatic carbocycles. The molecule has 3 aromatic carbocycles. The van der Waals surface area contributed by atoms with Crippen LogP contribution in [0.1, 0.15) is 11.1 Å². The Labute approximate surface area is 234 Å². The van der Waals surface area contributed by atoms with E-state index in [4.69, 9.17) is 12.2 Å². The van der Waals surface area contributed by atoms with Crippen molar-refractivity contribution in [3.05, 3.63) is 102 Å². The number of carbonyl (C=O) groups is 3. The third-order valence-corrected chi connectivity index (χ3v) is 6.07. The van der Waals surface area contributed by atoms with Gasteiger partial charge in [0.2, 0.25) is 0 Å². The Morgan fingerprint density at radius 1 is 0.692 bits per heavy atom. The molecule has 3 rings (SSSR count). The van der Waals surface area contributed by atoms with Crippen LogP contribution in [0.3, 0.4) is 0 Å². The summed E-state index contributed by atoms with van der Waals surface area (Å²) in [4.78, 5) is 45.9. The summed E-state index contributed by atoms with van der Waals surface area (Å²) in [5.41, 5.74) is 1.82. The van der Waals surface area contributed by atoms with Crippen LogP contribution < -0.4 is 4.90 Å². The largest absolute Gasteiger partial charge is 0.348 e. The highest BCUT2D eigenvalue weighted by Gasteiger charge is 2.32. The Hall–Kier alpha value is -4.57. The van der Waals surface area contributed by atoms with Crippen LogP contribution in [0.15, 0.2) is 96.1 Å². The first kappa shape index (κ1) is 29.0. The van der Waals surface area contributed by atoms with Crippen molar-refractivity contribution in [1.29, 1.82) is 0 Å². The summed E-state index contributed by atoms with van der Waals surface area (Å²) in [5, 5.41) is 5.26. The highest BCUT2D eigenvalue weighted by atomic mass is 32.1. The highest BCUT2D eigenvalue weighted by molar-refractivity contribution is 7.80. The molecule has 5 amide bonds. The van der Waals surface area contributed by atoms with Gasteiger partial charge in [-0.1, -0.05) is 78.9 Å². The lowest BCUT2D eigenvalue weighted by Crippen LogP contribution is -2.49. The number of nitrogens with zero attached hydrogens (tertiary/aromatic N) is 6. The van der Waals surface area contributed by atoms with Gasteiger partial charge in [-0.3, -0.25) is 9.69 Å². The number of thiocarbonyl (C=S) groups is 1. The molecule has 9 nitrogen and oxygen atoms in total. The summed E-state index contributed by atoms with van der Waals surface area (Å²) in [6.07, 6.45) is 0. The smallest absolute Gasteiger partial charge is 0.347 e. The Kier molecular flexibility index (Phi) is 9.88. The van der Waals surface area contributed by atoms with Crippen molar-refractivity contribution < 1.29 is 14.4 Å². The fourth-order valence-corrected chi connectivity index (χ4v) is 3.81. The zero-order valence-corrected chi connectivity index (χ0v) is 23.5. The molecule has 0 N–H and O–H groups in total. The molecule has 202 valence electrons. The molecule has 39 heavy (non-hydrogen) atoms. The second-order valence-corrected chi connectivity index (χ2v) is 9.45. The molecule has 0 aliphatic rings. The third-order valence-electron chi connectivity index (χ3n) is 5.58. The van der Waals surface area contributed by atoms with E-state index in [9.17, 15) is 14.4 Å². The lowest BCUT2D eigenvalue weighted by molar-refractivity contribution is -0.111. The Balaban J connectivity index is 2.15. The minimum Gasteiger partial charge on any atom is -0.347 e. The van der Waals surface area contributed by atoms with Gasteiger partial charge in [-0.2, -0.15) is 5.10 Å². The van der Waals surface area contributed by atoms with E-state index in [0.717, 1.165) is 5.56 Å². The molecule has 0 heterocycles. The predicted molar refractivity (Wildman–Crippen MR) is 157 cm³/mol. The first-order chi connectivity index (χ1) is 18.6. The number of amides is 5. The maximum absolute atomic E-state index is 14.4. The highest BCUT2D eigenvalue weighted by Crippen LogP contribution is 2.20. The molecule has 0 spiro atoms. The van der Waals surface area contributed by atoms with Gasteiger partial charge in [-0.05, 0) is 29.9 Å². The van der Waals surface area contributed by atoms with Crippen molar-refractivity contribution in [2.75, 3.05) is 40.1 Å². The van der Waals surface area contributed by atoms with Crippen LogP contribution in [0.2, 0.25) is 0 Å². The van der Waals surface area contributed by atoms with Gasteiger partial charge in [-0.25, -0.2) is 9.59 Å². The van der Waals surface area contributed by atoms with Crippen molar-refractivity contribution in [3.8, 4) is 0 Å². The standard InChI is InChI=1S/C29H32N6O3S/c1-31(2)27(37)35(28(38)32(3)4)30-25(23-17-11-7-12-18-23)26(36)34(24-19-13-8-14-20-24)29(39)33(5)21-22-15-9-6-10-16-22/h6-20H,21H2,1-5H3/b30-25+. The van der Waals surface area contributed by atoms with Crippen LogP contribution >= 0.6 is 12.2 Å². The van der Waals surface area contributed by atoms with Gasteiger partial charge in [0, 0.05) is 47.3 Å². The van der Waals surface area contributed by atoms with Gasteiger partial charge in [-0.15, -0.1) is 5.01 Å².